The number of allylic oxidation sites excluding steroid dienone is 1. The fraction of sp³-hybridized carbons (Fsp3) is 0.0500. The molecule has 0 radical (unpaired) electrons. The maximum Gasteiger partial charge on any atom is 0.337 e. The van der Waals surface area contributed by atoms with Gasteiger partial charge in [0.2, 0.25) is 0 Å². The van der Waals surface area contributed by atoms with Crippen LogP contribution in [0, 0.1) is 11.3 Å². The first-order chi connectivity index (χ1) is 13.1. The molecule has 0 atom stereocenters. The molecule has 7 heteroatoms. The van der Waals surface area contributed by atoms with Crippen LogP contribution in [0.2, 0.25) is 0 Å². The SMILES string of the molecule is COC(=O)c1ccc(NC=C(C#N)c2nc(-c3ccc(Br)cc3)cs2)cc1. The molecule has 1 aromatic heterocycles. The molecule has 0 aliphatic carbocycles. The Morgan fingerprint density at radius 3 is 2.56 bits per heavy atom. The topological polar surface area (TPSA) is 75.0 Å². The summed E-state index contributed by atoms with van der Waals surface area (Å²) in [6, 6.07) is 16.8. The molecule has 5 nitrogen and oxygen atoms in total. The normalized spacial score (nSPS) is 10.9. The third-order valence-corrected chi connectivity index (χ3v) is 5.09. The molecule has 0 spiro atoms. The van der Waals surface area contributed by atoms with Crippen molar-refractivity contribution in [3.05, 3.63) is 75.2 Å². The van der Waals surface area contributed by atoms with Gasteiger partial charge >= 0.3 is 5.97 Å². The van der Waals surface area contributed by atoms with Crippen molar-refractivity contribution < 1.29 is 9.53 Å². The molecule has 0 bridgehead atoms. The predicted octanol–water partition coefficient (Wildman–Crippen LogP) is 5.34. The lowest BCUT2D eigenvalue weighted by Crippen LogP contribution is -2.00. The van der Waals surface area contributed by atoms with Gasteiger partial charge in [0.15, 0.2) is 0 Å². The number of esters is 1. The Morgan fingerprint density at radius 1 is 1.22 bits per heavy atom. The van der Waals surface area contributed by atoms with Crippen LogP contribution in [0.5, 0.6) is 0 Å². The van der Waals surface area contributed by atoms with Crippen LogP contribution in [-0.2, 0) is 4.74 Å². The molecule has 0 aliphatic rings. The maximum atomic E-state index is 11.5. The van der Waals surface area contributed by atoms with Crippen molar-refractivity contribution in [3.63, 3.8) is 0 Å². The standard InChI is InChI=1S/C20H14BrN3O2S/c1-26-20(25)14-4-8-17(9-5-14)23-11-15(10-22)19-24-18(12-27-19)13-2-6-16(21)7-3-13/h2-9,11-12,23H,1H3. The van der Waals surface area contributed by atoms with Gasteiger partial charge in [-0.25, -0.2) is 9.78 Å². The molecule has 1 N–H and O–H groups in total. The molecule has 3 rings (SSSR count). The molecule has 3 aromatic rings. The molecular weight excluding hydrogens is 426 g/mol. The van der Waals surface area contributed by atoms with E-state index in [0.29, 0.717) is 16.1 Å². The molecule has 0 unspecified atom stereocenters. The van der Waals surface area contributed by atoms with E-state index in [-0.39, 0.29) is 0 Å². The first-order valence-corrected chi connectivity index (χ1v) is 9.55. The predicted molar refractivity (Wildman–Crippen MR) is 110 cm³/mol. The molecule has 27 heavy (non-hydrogen) atoms. The Bertz CT molecular complexity index is 1020. The van der Waals surface area contributed by atoms with Crippen LogP contribution < -0.4 is 5.32 Å². The van der Waals surface area contributed by atoms with Gasteiger partial charge in [-0.15, -0.1) is 11.3 Å². The van der Waals surface area contributed by atoms with E-state index in [1.165, 1.54) is 18.4 Å². The largest absolute Gasteiger partial charge is 0.465 e. The van der Waals surface area contributed by atoms with Gasteiger partial charge in [0, 0.05) is 27.3 Å². The smallest absolute Gasteiger partial charge is 0.337 e. The van der Waals surface area contributed by atoms with Crippen LogP contribution in [-0.4, -0.2) is 18.1 Å². The van der Waals surface area contributed by atoms with Crippen LogP contribution in [0.3, 0.4) is 0 Å². The first-order valence-electron chi connectivity index (χ1n) is 7.87. The number of ether oxygens (including phenoxy) is 1. The fourth-order valence-corrected chi connectivity index (χ4v) is 3.33. The number of aromatic nitrogens is 1. The second-order valence-electron chi connectivity index (χ2n) is 5.43. The molecule has 134 valence electrons. The number of thiazole rings is 1. The van der Waals surface area contributed by atoms with Gasteiger partial charge in [-0.05, 0) is 36.4 Å². The van der Waals surface area contributed by atoms with Crippen LogP contribution in [0.15, 0.2) is 64.6 Å². The summed E-state index contributed by atoms with van der Waals surface area (Å²) >= 11 is 4.82. The minimum Gasteiger partial charge on any atom is -0.465 e. The van der Waals surface area contributed by atoms with Crippen molar-refractivity contribution in [1.29, 1.82) is 5.26 Å². The summed E-state index contributed by atoms with van der Waals surface area (Å²) in [6.07, 6.45) is 1.61. The third kappa shape index (κ3) is 4.61. The van der Waals surface area contributed by atoms with Gasteiger partial charge in [-0.2, -0.15) is 5.26 Å². The number of nitriles is 1. The summed E-state index contributed by atoms with van der Waals surface area (Å²) in [5.41, 5.74) is 3.46. The summed E-state index contributed by atoms with van der Waals surface area (Å²) in [4.78, 5) is 16.0. The highest BCUT2D eigenvalue weighted by Crippen LogP contribution is 2.27. The number of benzene rings is 2. The molecule has 0 amide bonds. The van der Waals surface area contributed by atoms with E-state index in [2.05, 4.69) is 37.0 Å². The Labute approximate surface area is 169 Å². The number of nitrogens with zero attached hydrogens (tertiary/aromatic N) is 2. The lowest BCUT2D eigenvalue weighted by atomic mass is 10.2. The van der Waals surface area contributed by atoms with Gasteiger partial charge < -0.3 is 10.1 Å². The number of halogens is 1. The maximum absolute atomic E-state index is 11.5. The summed E-state index contributed by atoms with van der Waals surface area (Å²) in [5.74, 6) is -0.391. The Kier molecular flexibility index (Phi) is 6.01. The van der Waals surface area contributed by atoms with E-state index >= 15 is 0 Å². The minimum atomic E-state index is -0.391. The Balaban J connectivity index is 1.76. The van der Waals surface area contributed by atoms with Gasteiger partial charge in [0.1, 0.15) is 16.6 Å². The highest BCUT2D eigenvalue weighted by Gasteiger charge is 2.09. The van der Waals surface area contributed by atoms with Crippen molar-refractivity contribution in [2.24, 2.45) is 0 Å². The summed E-state index contributed by atoms with van der Waals surface area (Å²) in [7, 11) is 1.34. The summed E-state index contributed by atoms with van der Waals surface area (Å²) in [5, 5.41) is 15.1. The molecule has 0 aliphatic heterocycles. The number of methoxy groups -OCH3 is 1. The van der Waals surface area contributed by atoms with Crippen molar-refractivity contribution in [1.82, 2.24) is 4.98 Å². The average molecular weight is 440 g/mol. The fourth-order valence-electron chi connectivity index (χ4n) is 2.27. The Morgan fingerprint density at radius 2 is 1.93 bits per heavy atom. The van der Waals surface area contributed by atoms with Gasteiger partial charge in [0.05, 0.1) is 18.4 Å². The highest BCUT2D eigenvalue weighted by atomic mass is 79.9. The molecule has 1 heterocycles. The van der Waals surface area contributed by atoms with Crippen molar-refractivity contribution in [3.8, 4) is 17.3 Å². The third-order valence-electron chi connectivity index (χ3n) is 3.68. The van der Waals surface area contributed by atoms with Crippen LogP contribution in [0.1, 0.15) is 15.4 Å². The van der Waals surface area contributed by atoms with E-state index < -0.39 is 5.97 Å². The quantitative estimate of drug-likeness (QED) is 0.429. The Hall–Kier alpha value is -2.95. The molecule has 0 fully saturated rings. The zero-order valence-corrected chi connectivity index (χ0v) is 16.7. The van der Waals surface area contributed by atoms with Gasteiger partial charge in [0.25, 0.3) is 0 Å². The number of rotatable bonds is 5. The lowest BCUT2D eigenvalue weighted by molar-refractivity contribution is 0.0601. The number of carbonyl (C=O) groups is 1. The first kappa shape index (κ1) is 18.8. The molecular formula is C20H14BrN3O2S. The van der Waals surface area contributed by atoms with Crippen molar-refractivity contribution in [2.45, 2.75) is 0 Å². The van der Waals surface area contributed by atoms with E-state index in [1.54, 1.807) is 30.5 Å². The number of hydrogen-bond donors (Lipinski definition) is 1. The monoisotopic (exact) mass is 439 g/mol. The second kappa shape index (κ2) is 8.62. The zero-order chi connectivity index (χ0) is 19.2. The van der Waals surface area contributed by atoms with E-state index in [4.69, 9.17) is 0 Å². The van der Waals surface area contributed by atoms with E-state index in [0.717, 1.165) is 21.4 Å². The number of nitrogens with one attached hydrogen (secondary N) is 1. The van der Waals surface area contributed by atoms with Crippen LogP contribution >= 0.6 is 27.3 Å². The second-order valence-corrected chi connectivity index (χ2v) is 7.20. The van der Waals surface area contributed by atoms with E-state index in [9.17, 15) is 10.1 Å². The molecule has 2 aromatic carbocycles. The van der Waals surface area contributed by atoms with Crippen molar-refractivity contribution in [2.75, 3.05) is 12.4 Å². The van der Waals surface area contributed by atoms with Crippen LogP contribution in [0.25, 0.3) is 16.8 Å². The zero-order valence-electron chi connectivity index (χ0n) is 14.3. The summed E-state index contributed by atoms with van der Waals surface area (Å²) < 4.78 is 5.67. The van der Waals surface area contributed by atoms with Gasteiger partial charge in [-0.3, -0.25) is 0 Å². The number of carbonyl (C=O) groups excluding carboxylic acids is 1. The number of anilines is 1. The summed E-state index contributed by atoms with van der Waals surface area (Å²) in [6.45, 7) is 0. The van der Waals surface area contributed by atoms with Crippen LogP contribution in [0.4, 0.5) is 5.69 Å². The number of hydrogen-bond acceptors (Lipinski definition) is 6. The average Bonchev–Trinajstić information content (AvgIpc) is 3.19. The molecule has 0 saturated heterocycles. The van der Waals surface area contributed by atoms with Crippen molar-refractivity contribution >= 4 is 44.5 Å². The lowest BCUT2D eigenvalue weighted by Gasteiger charge is -2.03. The van der Waals surface area contributed by atoms with Gasteiger partial charge in [-0.1, -0.05) is 28.1 Å². The minimum absolute atomic E-state index is 0.391. The highest BCUT2D eigenvalue weighted by molar-refractivity contribution is 9.10. The molecule has 0 saturated carbocycles. The van der Waals surface area contributed by atoms with E-state index in [1.807, 2.05) is 29.6 Å².